The van der Waals surface area contributed by atoms with Crippen LogP contribution in [0.25, 0.3) is 0 Å². The largest absolute Gasteiger partial charge is 0.325 e. The highest BCUT2D eigenvalue weighted by Crippen LogP contribution is 2.17. The average Bonchev–Trinajstić information content (AvgIpc) is 2.82. The lowest BCUT2D eigenvalue weighted by molar-refractivity contribution is -0.117. The third-order valence-electron chi connectivity index (χ3n) is 4.08. The van der Waals surface area contributed by atoms with E-state index in [-0.39, 0.29) is 5.91 Å². The molecule has 1 heterocycles. The third kappa shape index (κ3) is 3.81. The zero-order valence-corrected chi connectivity index (χ0v) is 12.7. The lowest BCUT2D eigenvalue weighted by Crippen LogP contribution is -2.41. The quantitative estimate of drug-likeness (QED) is 0.863. The zero-order chi connectivity index (χ0) is 14.5. The van der Waals surface area contributed by atoms with E-state index >= 15 is 0 Å². The molecular formula is C16H25N3O. The number of carbonyl (C=O) groups is 1. The Morgan fingerprint density at radius 1 is 1.35 bits per heavy atom. The molecule has 1 fully saturated rings. The van der Waals surface area contributed by atoms with Gasteiger partial charge in [0.2, 0.25) is 5.91 Å². The number of anilines is 1. The second-order valence-electron chi connectivity index (χ2n) is 5.67. The number of rotatable bonds is 5. The number of aryl methyl sites for hydroxylation is 2. The molecule has 2 rings (SSSR count). The van der Waals surface area contributed by atoms with Crippen LogP contribution < -0.4 is 10.6 Å². The first-order valence-corrected chi connectivity index (χ1v) is 7.36. The minimum atomic E-state index is 0.0799. The van der Waals surface area contributed by atoms with Crippen LogP contribution >= 0.6 is 0 Å². The van der Waals surface area contributed by atoms with Crippen LogP contribution in [0, 0.1) is 13.8 Å². The molecule has 0 radical (unpaired) electrons. The van der Waals surface area contributed by atoms with Crippen LogP contribution in [0.3, 0.4) is 0 Å². The number of hydrogen-bond donors (Lipinski definition) is 2. The molecule has 0 saturated carbocycles. The fourth-order valence-electron chi connectivity index (χ4n) is 2.77. The van der Waals surface area contributed by atoms with E-state index in [0.29, 0.717) is 12.6 Å². The highest BCUT2D eigenvalue weighted by Gasteiger charge is 2.25. The van der Waals surface area contributed by atoms with E-state index in [1.165, 1.54) is 24.0 Å². The Morgan fingerprint density at radius 2 is 2.15 bits per heavy atom. The van der Waals surface area contributed by atoms with Crippen molar-refractivity contribution in [2.75, 3.05) is 32.0 Å². The van der Waals surface area contributed by atoms with Gasteiger partial charge in [-0.1, -0.05) is 6.07 Å². The van der Waals surface area contributed by atoms with Crippen molar-refractivity contribution in [1.29, 1.82) is 0 Å². The molecule has 1 unspecified atom stereocenters. The van der Waals surface area contributed by atoms with Gasteiger partial charge in [-0.15, -0.1) is 0 Å². The summed E-state index contributed by atoms with van der Waals surface area (Å²) < 4.78 is 0. The maximum absolute atomic E-state index is 12.1. The Bertz CT molecular complexity index is 473. The van der Waals surface area contributed by atoms with Crippen molar-refractivity contribution >= 4 is 11.6 Å². The summed E-state index contributed by atoms with van der Waals surface area (Å²) in [6, 6.07) is 6.54. The topological polar surface area (TPSA) is 44.4 Å². The summed E-state index contributed by atoms with van der Waals surface area (Å²) in [5.41, 5.74) is 3.34. The number of amides is 1. The van der Waals surface area contributed by atoms with Crippen LogP contribution in [0.2, 0.25) is 0 Å². The van der Waals surface area contributed by atoms with Crippen molar-refractivity contribution in [3.8, 4) is 0 Å². The first-order valence-electron chi connectivity index (χ1n) is 7.36. The molecule has 1 aliphatic rings. The maximum Gasteiger partial charge on any atom is 0.238 e. The summed E-state index contributed by atoms with van der Waals surface area (Å²) in [5, 5.41) is 6.20. The lowest BCUT2D eigenvalue weighted by atomic mass is 10.1. The molecule has 0 spiro atoms. The highest BCUT2D eigenvalue weighted by atomic mass is 16.2. The van der Waals surface area contributed by atoms with Gasteiger partial charge >= 0.3 is 0 Å². The summed E-state index contributed by atoms with van der Waals surface area (Å²) in [5.74, 6) is 0.0799. The fourth-order valence-corrected chi connectivity index (χ4v) is 2.77. The van der Waals surface area contributed by atoms with E-state index in [1.54, 1.807) is 0 Å². The third-order valence-corrected chi connectivity index (χ3v) is 4.08. The van der Waals surface area contributed by atoms with Gasteiger partial charge in [0.05, 0.1) is 6.54 Å². The number of carbonyl (C=O) groups excluding carboxylic acids is 1. The maximum atomic E-state index is 12.1. The van der Waals surface area contributed by atoms with Gasteiger partial charge in [-0.2, -0.15) is 0 Å². The molecule has 1 saturated heterocycles. The summed E-state index contributed by atoms with van der Waals surface area (Å²) in [6.45, 7) is 6.60. The van der Waals surface area contributed by atoms with E-state index in [0.717, 1.165) is 18.8 Å². The van der Waals surface area contributed by atoms with Gasteiger partial charge in [0.25, 0.3) is 0 Å². The summed E-state index contributed by atoms with van der Waals surface area (Å²) >= 11 is 0. The molecule has 1 atom stereocenters. The minimum absolute atomic E-state index is 0.0799. The number of hydrogen-bond acceptors (Lipinski definition) is 3. The number of benzene rings is 1. The molecule has 2 N–H and O–H groups in total. The fraction of sp³-hybridized carbons (Fsp3) is 0.562. The summed E-state index contributed by atoms with van der Waals surface area (Å²) in [6.07, 6.45) is 2.36. The van der Waals surface area contributed by atoms with Crippen LogP contribution in [0.4, 0.5) is 5.69 Å². The van der Waals surface area contributed by atoms with E-state index in [2.05, 4.69) is 29.4 Å². The zero-order valence-electron chi connectivity index (χ0n) is 12.7. The van der Waals surface area contributed by atoms with Crippen LogP contribution in [0.15, 0.2) is 18.2 Å². The van der Waals surface area contributed by atoms with E-state index in [4.69, 9.17) is 0 Å². The summed E-state index contributed by atoms with van der Waals surface area (Å²) in [4.78, 5) is 14.4. The lowest BCUT2D eigenvalue weighted by Gasteiger charge is -2.23. The van der Waals surface area contributed by atoms with Crippen molar-refractivity contribution in [3.63, 3.8) is 0 Å². The van der Waals surface area contributed by atoms with Gasteiger partial charge in [0.1, 0.15) is 0 Å². The van der Waals surface area contributed by atoms with E-state index < -0.39 is 0 Å². The molecule has 1 aromatic carbocycles. The second-order valence-corrected chi connectivity index (χ2v) is 5.67. The first-order chi connectivity index (χ1) is 9.60. The number of likely N-dealkylation sites (N-methyl/N-ethyl adjacent to an activating group) is 1. The smallest absolute Gasteiger partial charge is 0.238 e. The van der Waals surface area contributed by atoms with Gasteiger partial charge in [-0.05, 0) is 63.5 Å². The number of nitrogens with one attached hydrogen (secondary N) is 2. The standard InChI is InChI=1S/C16H25N3O/c1-12-6-7-14(9-13(12)2)18-16(20)11-19-8-4-5-15(19)10-17-3/h6-7,9,15,17H,4-5,8,10-11H2,1-3H3,(H,18,20). The SMILES string of the molecule is CNCC1CCCN1CC(=O)Nc1ccc(C)c(C)c1. The van der Waals surface area contributed by atoms with Gasteiger partial charge in [0, 0.05) is 18.3 Å². The molecule has 4 nitrogen and oxygen atoms in total. The Balaban J connectivity index is 1.90. The predicted octanol–water partition coefficient (Wildman–Crippen LogP) is 1.93. The highest BCUT2D eigenvalue weighted by molar-refractivity contribution is 5.92. The summed E-state index contributed by atoms with van der Waals surface area (Å²) in [7, 11) is 1.96. The molecule has 4 heteroatoms. The van der Waals surface area contributed by atoms with Crippen LogP contribution in [0.1, 0.15) is 24.0 Å². The molecule has 0 bridgehead atoms. The van der Waals surface area contributed by atoms with Crippen molar-refractivity contribution in [3.05, 3.63) is 29.3 Å². The minimum Gasteiger partial charge on any atom is -0.325 e. The van der Waals surface area contributed by atoms with Gasteiger partial charge in [-0.25, -0.2) is 0 Å². The van der Waals surface area contributed by atoms with Gasteiger partial charge < -0.3 is 10.6 Å². The molecule has 0 aliphatic carbocycles. The number of likely N-dealkylation sites (tertiary alicyclic amines) is 1. The van der Waals surface area contributed by atoms with Gasteiger partial charge in [0.15, 0.2) is 0 Å². The molecule has 20 heavy (non-hydrogen) atoms. The van der Waals surface area contributed by atoms with Crippen LogP contribution in [-0.4, -0.2) is 43.5 Å². The molecule has 0 aromatic heterocycles. The average molecular weight is 275 g/mol. The van der Waals surface area contributed by atoms with Crippen LogP contribution in [-0.2, 0) is 4.79 Å². The molecule has 1 aromatic rings. The van der Waals surface area contributed by atoms with Gasteiger partial charge in [-0.3, -0.25) is 9.69 Å². The number of nitrogens with zero attached hydrogens (tertiary/aromatic N) is 1. The van der Waals surface area contributed by atoms with Crippen molar-refractivity contribution in [2.45, 2.75) is 32.7 Å². The van der Waals surface area contributed by atoms with Crippen molar-refractivity contribution in [1.82, 2.24) is 10.2 Å². The molecule has 1 amide bonds. The van der Waals surface area contributed by atoms with Crippen molar-refractivity contribution in [2.24, 2.45) is 0 Å². The Labute approximate surface area is 121 Å². The molecular weight excluding hydrogens is 250 g/mol. The Kier molecular flexibility index (Phi) is 5.15. The Morgan fingerprint density at radius 3 is 2.85 bits per heavy atom. The second kappa shape index (κ2) is 6.86. The monoisotopic (exact) mass is 275 g/mol. The van der Waals surface area contributed by atoms with E-state index in [9.17, 15) is 4.79 Å². The molecule has 110 valence electrons. The predicted molar refractivity (Wildman–Crippen MR) is 83.1 cm³/mol. The van der Waals surface area contributed by atoms with Crippen LogP contribution in [0.5, 0.6) is 0 Å². The molecule has 1 aliphatic heterocycles. The van der Waals surface area contributed by atoms with E-state index in [1.807, 2.05) is 25.2 Å². The van der Waals surface area contributed by atoms with Crippen molar-refractivity contribution < 1.29 is 4.79 Å². The Hall–Kier alpha value is -1.39. The first kappa shape index (κ1) is 15.0. The normalized spacial score (nSPS) is 19.2.